The van der Waals surface area contributed by atoms with Crippen molar-refractivity contribution < 1.29 is 14.3 Å². The van der Waals surface area contributed by atoms with Gasteiger partial charge in [-0.2, -0.15) is 0 Å². The molecule has 2 fully saturated rings. The van der Waals surface area contributed by atoms with Gasteiger partial charge in [-0.15, -0.1) is 0 Å². The van der Waals surface area contributed by atoms with Crippen LogP contribution in [0.2, 0.25) is 0 Å². The van der Waals surface area contributed by atoms with E-state index in [9.17, 15) is 4.79 Å². The van der Waals surface area contributed by atoms with Crippen LogP contribution in [-0.4, -0.2) is 37.9 Å². The van der Waals surface area contributed by atoms with Crippen molar-refractivity contribution in [2.75, 3.05) is 20.3 Å². The highest BCUT2D eigenvalue weighted by Crippen LogP contribution is 2.34. The monoisotopic (exact) mass is 269 g/mol. The molecule has 1 N–H and O–H groups in total. The van der Waals surface area contributed by atoms with Gasteiger partial charge in [0.1, 0.15) is 5.54 Å². The summed E-state index contributed by atoms with van der Waals surface area (Å²) >= 11 is 0. The van der Waals surface area contributed by atoms with E-state index in [-0.39, 0.29) is 12.1 Å². The summed E-state index contributed by atoms with van der Waals surface area (Å²) in [5, 5.41) is 3.17. The fourth-order valence-corrected chi connectivity index (χ4v) is 3.38. The second kappa shape index (κ2) is 6.71. The number of carbonyl (C=O) groups excluding carboxylic acids is 1. The fraction of sp³-hybridized carbons (Fsp3) is 0.933. The molecular weight excluding hydrogens is 242 g/mol. The first kappa shape index (κ1) is 14.8. The molecule has 2 aliphatic carbocycles. The first-order valence-corrected chi connectivity index (χ1v) is 7.68. The van der Waals surface area contributed by atoms with Crippen LogP contribution < -0.4 is 5.32 Å². The third kappa shape index (κ3) is 3.48. The normalized spacial score (nSPS) is 31.8. The quantitative estimate of drug-likeness (QED) is 0.751. The Bertz CT molecular complexity index is 302. The van der Waals surface area contributed by atoms with Crippen LogP contribution in [0.3, 0.4) is 0 Å². The van der Waals surface area contributed by atoms with Gasteiger partial charge in [0.2, 0.25) is 0 Å². The van der Waals surface area contributed by atoms with E-state index in [2.05, 4.69) is 5.32 Å². The van der Waals surface area contributed by atoms with Crippen LogP contribution in [0.25, 0.3) is 0 Å². The number of likely N-dealkylation sites (N-methyl/N-ethyl adjacent to an activating group) is 1. The zero-order valence-electron chi connectivity index (χ0n) is 12.2. The lowest BCUT2D eigenvalue weighted by molar-refractivity contribution is -0.151. The van der Waals surface area contributed by atoms with Crippen molar-refractivity contribution in [1.82, 2.24) is 5.32 Å². The Balaban J connectivity index is 1.81. The zero-order valence-corrected chi connectivity index (χ0v) is 12.2. The topological polar surface area (TPSA) is 47.6 Å². The Morgan fingerprint density at radius 3 is 2.68 bits per heavy atom. The Morgan fingerprint density at radius 2 is 2.05 bits per heavy atom. The summed E-state index contributed by atoms with van der Waals surface area (Å²) in [6.07, 6.45) is 8.03. The summed E-state index contributed by atoms with van der Waals surface area (Å²) in [5.74, 6) is 0.622. The van der Waals surface area contributed by atoms with Crippen molar-refractivity contribution in [3.8, 4) is 0 Å². The molecule has 0 amide bonds. The summed E-state index contributed by atoms with van der Waals surface area (Å²) in [4.78, 5) is 12.1. The first-order valence-electron chi connectivity index (χ1n) is 7.68. The predicted octanol–water partition coefficient (Wildman–Crippen LogP) is 2.27. The molecule has 2 rings (SSSR count). The van der Waals surface area contributed by atoms with Gasteiger partial charge in [-0.25, -0.2) is 0 Å². The summed E-state index contributed by atoms with van der Waals surface area (Å²) in [6, 6.07) is 0. The highest BCUT2D eigenvalue weighted by Gasteiger charge is 2.45. The molecule has 4 heteroatoms. The maximum Gasteiger partial charge on any atom is 0.326 e. The van der Waals surface area contributed by atoms with Crippen LogP contribution in [0.4, 0.5) is 0 Å². The molecule has 2 aliphatic rings. The predicted molar refractivity (Wildman–Crippen MR) is 74.0 cm³/mol. The van der Waals surface area contributed by atoms with Crippen LogP contribution in [-0.2, 0) is 14.3 Å². The highest BCUT2D eigenvalue weighted by molar-refractivity contribution is 5.81. The van der Waals surface area contributed by atoms with Gasteiger partial charge in [0.15, 0.2) is 0 Å². The van der Waals surface area contributed by atoms with Crippen molar-refractivity contribution in [3.05, 3.63) is 0 Å². The van der Waals surface area contributed by atoms with Crippen molar-refractivity contribution in [2.45, 2.75) is 63.5 Å². The molecule has 19 heavy (non-hydrogen) atoms. The van der Waals surface area contributed by atoms with E-state index in [1.54, 1.807) is 0 Å². The van der Waals surface area contributed by atoms with Gasteiger partial charge in [-0.3, -0.25) is 4.79 Å². The van der Waals surface area contributed by atoms with E-state index in [1.807, 2.05) is 14.0 Å². The number of ether oxygens (including phenoxy) is 2. The minimum atomic E-state index is -0.518. The molecule has 2 saturated carbocycles. The molecule has 110 valence electrons. The number of carbonyl (C=O) groups is 1. The van der Waals surface area contributed by atoms with Crippen molar-refractivity contribution in [3.63, 3.8) is 0 Å². The van der Waals surface area contributed by atoms with Crippen molar-refractivity contribution in [1.29, 1.82) is 0 Å². The lowest BCUT2D eigenvalue weighted by Crippen LogP contribution is -2.49. The molecular formula is C15H27NO3. The molecule has 2 atom stereocenters. The second-order valence-corrected chi connectivity index (χ2v) is 5.90. The smallest absolute Gasteiger partial charge is 0.326 e. The highest BCUT2D eigenvalue weighted by atomic mass is 16.5. The Hall–Kier alpha value is -0.610. The van der Waals surface area contributed by atoms with E-state index >= 15 is 0 Å². The molecule has 0 aromatic carbocycles. The average molecular weight is 269 g/mol. The SMILES string of the molecule is CCOC(=O)C1(NC)CCC(OCC2CCCC2)C1. The average Bonchev–Trinajstić information content (AvgIpc) is 3.07. The maximum atomic E-state index is 12.1. The standard InChI is InChI=1S/C15H27NO3/c1-3-18-14(17)15(16-2)9-8-13(10-15)19-11-12-6-4-5-7-12/h12-13,16H,3-11H2,1-2H3. The number of nitrogens with one attached hydrogen (secondary N) is 1. The number of rotatable bonds is 6. The molecule has 0 bridgehead atoms. The van der Waals surface area contributed by atoms with Gasteiger partial charge in [-0.1, -0.05) is 12.8 Å². The first-order chi connectivity index (χ1) is 9.20. The molecule has 0 aromatic heterocycles. The number of hydrogen-bond acceptors (Lipinski definition) is 4. The van der Waals surface area contributed by atoms with E-state index in [1.165, 1.54) is 25.7 Å². The summed E-state index contributed by atoms with van der Waals surface area (Å²) in [7, 11) is 1.84. The summed E-state index contributed by atoms with van der Waals surface area (Å²) in [5.41, 5.74) is -0.518. The van der Waals surface area contributed by atoms with E-state index in [0.717, 1.165) is 31.8 Å². The van der Waals surface area contributed by atoms with E-state index in [0.29, 0.717) is 6.61 Å². The molecule has 0 radical (unpaired) electrons. The van der Waals surface area contributed by atoms with Gasteiger partial charge < -0.3 is 14.8 Å². The summed E-state index contributed by atoms with van der Waals surface area (Å²) < 4.78 is 11.2. The molecule has 0 heterocycles. The minimum Gasteiger partial charge on any atom is -0.465 e. The third-order valence-electron chi connectivity index (χ3n) is 4.66. The number of hydrogen-bond donors (Lipinski definition) is 1. The van der Waals surface area contributed by atoms with Gasteiger partial charge in [0.25, 0.3) is 0 Å². The maximum absolute atomic E-state index is 12.1. The lowest BCUT2D eigenvalue weighted by atomic mass is 9.98. The Labute approximate surface area is 116 Å². The minimum absolute atomic E-state index is 0.121. The zero-order chi connectivity index (χ0) is 13.7. The molecule has 2 unspecified atom stereocenters. The molecule has 0 saturated heterocycles. The van der Waals surface area contributed by atoms with Crippen molar-refractivity contribution >= 4 is 5.97 Å². The van der Waals surface area contributed by atoms with Crippen LogP contribution in [0.5, 0.6) is 0 Å². The largest absolute Gasteiger partial charge is 0.465 e. The van der Waals surface area contributed by atoms with Crippen molar-refractivity contribution in [2.24, 2.45) is 5.92 Å². The van der Waals surface area contributed by atoms with Crippen LogP contribution in [0, 0.1) is 5.92 Å². The third-order valence-corrected chi connectivity index (χ3v) is 4.66. The summed E-state index contributed by atoms with van der Waals surface area (Å²) in [6.45, 7) is 3.16. The van der Waals surface area contributed by atoms with Gasteiger partial charge in [-0.05, 0) is 45.6 Å². The second-order valence-electron chi connectivity index (χ2n) is 5.90. The van der Waals surface area contributed by atoms with Crippen LogP contribution in [0.15, 0.2) is 0 Å². The Kier molecular flexibility index (Phi) is 5.22. The number of esters is 1. The van der Waals surface area contributed by atoms with Gasteiger partial charge >= 0.3 is 5.97 Å². The molecule has 0 aliphatic heterocycles. The molecule has 0 spiro atoms. The Morgan fingerprint density at radius 1 is 1.32 bits per heavy atom. The van der Waals surface area contributed by atoms with Crippen LogP contribution >= 0.6 is 0 Å². The molecule has 0 aromatic rings. The fourth-order valence-electron chi connectivity index (χ4n) is 3.38. The van der Waals surface area contributed by atoms with E-state index in [4.69, 9.17) is 9.47 Å². The van der Waals surface area contributed by atoms with Crippen LogP contribution in [0.1, 0.15) is 51.9 Å². The van der Waals surface area contributed by atoms with Gasteiger partial charge in [0.05, 0.1) is 12.7 Å². The van der Waals surface area contributed by atoms with E-state index < -0.39 is 5.54 Å². The lowest BCUT2D eigenvalue weighted by Gasteiger charge is -2.26. The van der Waals surface area contributed by atoms with Gasteiger partial charge in [0, 0.05) is 13.0 Å². The molecule has 4 nitrogen and oxygen atoms in total.